The maximum atomic E-state index is 9.75. The van der Waals surface area contributed by atoms with E-state index in [1.807, 2.05) is 17.6 Å². The van der Waals surface area contributed by atoms with Crippen LogP contribution in [0.5, 0.6) is 11.5 Å². The van der Waals surface area contributed by atoms with Gasteiger partial charge in [0.1, 0.15) is 11.5 Å². The van der Waals surface area contributed by atoms with Crippen LogP contribution in [0.1, 0.15) is 11.4 Å². The lowest BCUT2D eigenvalue weighted by molar-refractivity contribution is -0.607. The van der Waals surface area contributed by atoms with Crippen molar-refractivity contribution < 1.29 is 31.3 Å². The second-order valence-corrected chi connectivity index (χ2v) is 7.39. The van der Waals surface area contributed by atoms with E-state index in [9.17, 15) is 17.3 Å². The van der Waals surface area contributed by atoms with Crippen molar-refractivity contribution in [3.05, 3.63) is 53.3 Å². The molecular formula is C20H19BF4N2O2S. The molecule has 4 rings (SSSR count). The van der Waals surface area contributed by atoms with Crippen molar-refractivity contribution in [1.82, 2.24) is 4.98 Å². The normalized spacial score (nSPS) is 11.3. The molecule has 158 valence electrons. The Balaban J connectivity index is 0.000000461. The molecule has 2 aromatic carbocycles. The molecule has 0 saturated carbocycles. The van der Waals surface area contributed by atoms with Gasteiger partial charge in [-0.1, -0.05) is 0 Å². The summed E-state index contributed by atoms with van der Waals surface area (Å²) in [5, 5.41) is 2.20. The van der Waals surface area contributed by atoms with E-state index in [4.69, 9.17) is 9.47 Å². The Labute approximate surface area is 174 Å². The van der Waals surface area contributed by atoms with E-state index < -0.39 is 7.25 Å². The van der Waals surface area contributed by atoms with Crippen LogP contribution in [0.4, 0.5) is 17.3 Å². The molecule has 0 bridgehead atoms. The van der Waals surface area contributed by atoms with Gasteiger partial charge < -0.3 is 26.7 Å². The highest BCUT2D eigenvalue weighted by Gasteiger charge is 2.22. The number of thiazole rings is 1. The number of methoxy groups -OCH3 is 2. The molecule has 2 aromatic heterocycles. The van der Waals surface area contributed by atoms with Crippen molar-refractivity contribution >= 4 is 39.6 Å². The molecule has 0 aliphatic heterocycles. The molecule has 10 heteroatoms. The number of benzene rings is 2. The first-order chi connectivity index (χ1) is 14.1. The number of fused-ring (bicyclic) bond motifs is 2. The zero-order valence-corrected chi connectivity index (χ0v) is 17.6. The molecule has 0 saturated heterocycles. The van der Waals surface area contributed by atoms with Crippen LogP contribution in [-0.4, -0.2) is 26.5 Å². The lowest BCUT2D eigenvalue weighted by atomic mass is 10.1. The molecule has 30 heavy (non-hydrogen) atoms. The minimum atomic E-state index is -6.00. The largest absolute Gasteiger partial charge is 0.673 e. The molecule has 2 heterocycles. The van der Waals surface area contributed by atoms with E-state index in [1.54, 1.807) is 25.6 Å². The van der Waals surface area contributed by atoms with Crippen molar-refractivity contribution in [3.8, 4) is 17.2 Å². The molecule has 0 aliphatic carbocycles. The molecule has 0 radical (unpaired) electrons. The monoisotopic (exact) mass is 438 g/mol. The molecule has 0 spiro atoms. The summed E-state index contributed by atoms with van der Waals surface area (Å²) >= 11 is 1.66. The predicted octanol–water partition coefficient (Wildman–Crippen LogP) is 5.66. The maximum Gasteiger partial charge on any atom is 0.673 e. The number of ether oxygens (including phenoxy) is 2. The van der Waals surface area contributed by atoms with Crippen LogP contribution >= 0.6 is 11.3 Å². The second-order valence-electron chi connectivity index (χ2n) is 6.50. The molecule has 0 unspecified atom stereocenters. The van der Waals surface area contributed by atoms with E-state index in [-0.39, 0.29) is 0 Å². The highest BCUT2D eigenvalue weighted by molar-refractivity contribution is 7.16. The Hall–Kier alpha value is -2.88. The van der Waals surface area contributed by atoms with Gasteiger partial charge in [0.05, 0.1) is 35.3 Å². The van der Waals surface area contributed by atoms with Gasteiger partial charge in [-0.05, 0) is 12.1 Å². The number of hydrogen-bond donors (Lipinski definition) is 0. The zero-order chi connectivity index (χ0) is 22.1. The second kappa shape index (κ2) is 8.47. The lowest BCUT2D eigenvalue weighted by Crippen LogP contribution is -2.37. The molecular weight excluding hydrogens is 419 g/mol. The number of hydrogen-bond acceptors (Lipinski definition) is 4. The molecule has 4 nitrogen and oxygen atoms in total. The van der Waals surface area contributed by atoms with Gasteiger partial charge in [-0.25, -0.2) is 4.98 Å². The van der Waals surface area contributed by atoms with Gasteiger partial charge in [-0.2, -0.15) is 4.57 Å². The zero-order valence-electron chi connectivity index (χ0n) is 16.7. The Kier molecular flexibility index (Phi) is 6.16. The summed E-state index contributed by atoms with van der Waals surface area (Å²) in [5.41, 5.74) is 6.29. The Morgan fingerprint density at radius 3 is 2.30 bits per heavy atom. The van der Waals surface area contributed by atoms with Crippen molar-refractivity contribution in [1.29, 1.82) is 0 Å². The van der Waals surface area contributed by atoms with E-state index >= 15 is 0 Å². The Morgan fingerprint density at radius 2 is 1.67 bits per heavy atom. The summed E-state index contributed by atoms with van der Waals surface area (Å²) in [6.45, 7) is 4.24. The molecule has 0 atom stereocenters. The summed E-state index contributed by atoms with van der Waals surface area (Å²) < 4.78 is 53.5. The van der Waals surface area contributed by atoms with Gasteiger partial charge in [0.15, 0.2) is 11.4 Å². The Morgan fingerprint density at radius 1 is 0.967 bits per heavy atom. The summed E-state index contributed by atoms with van der Waals surface area (Å²) in [7, 11) is -2.63. The minimum Gasteiger partial charge on any atom is -0.497 e. The van der Waals surface area contributed by atoms with Crippen LogP contribution in [0, 0.1) is 13.8 Å². The molecule has 0 fully saturated rings. The third-order valence-electron chi connectivity index (χ3n) is 4.55. The van der Waals surface area contributed by atoms with Crippen LogP contribution < -0.4 is 14.0 Å². The topological polar surface area (TPSA) is 35.2 Å². The van der Waals surface area contributed by atoms with E-state index in [0.29, 0.717) is 0 Å². The number of aromatic nitrogens is 2. The van der Waals surface area contributed by atoms with Gasteiger partial charge in [-0.3, -0.25) is 0 Å². The van der Waals surface area contributed by atoms with Crippen LogP contribution in [0.2, 0.25) is 0 Å². The van der Waals surface area contributed by atoms with Crippen molar-refractivity contribution in [2.75, 3.05) is 14.2 Å². The maximum absolute atomic E-state index is 9.75. The average Bonchev–Trinajstić information content (AvgIpc) is 3.13. The number of halogens is 4. The van der Waals surface area contributed by atoms with Gasteiger partial charge in [-0.15, -0.1) is 11.3 Å². The Bertz CT molecular complexity index is 1210. The van der Waals surface area contributed by atoms with E-state index in [2.05, 4.69) is 47.7 Å². The van der Waals surface area contributed by atoms with E-state index in [1.165, 1.54) is 4.70 Å². The summed E-state index contributed by atoms with van der Waals surface area (Å²) in [5.74, 6) is 1.61. The number of nitrogens with zero attached hydrogens (tertiary/aromatic N) is 2. The van der Waals surface area contributed by atoms with Crippen LogP contribution in [0.15, 0.2) is 41.9 Å². The number of aryl methyl sites for hydroxylation is 2. The average molecular weight is 438 g/mol. The predicted molar refractivity (Wildman–Crippen MR) is 111 cm³/mol. The summed E-state index contributed by atoms with van der Waals surface area (Å²) in [4.78, 5) is 4.45. The first-order valence-corrected chi connectivity index (χ1v) is 9.79. The smallest absolute Gasteiger partial charge is 0.497 e. The summed E-state index contributed by atoms with van der Waals surface area (Å²) in [6.07, 6.45) is 0. The molecule has 4 aromatic rings. The number of pyridine rings is 1. The number of rotatable bonds is 3. The highest BCUT2D eigenvalue weighted by atomic mass is 32.1. The highest BCUT2D eigenvalue weighted by Crippen LogP contribution is 2.33. The lowest BCUT2D eigenvalue weighted by Gasteiger charge is -2.12. The van der Waals surface area contributed by atoms with Crippen molar-refractivity contribution in [2.24, 2.45) is 0 Å². The third-order valence-corrected chi connectivity index (χ3v) is 5.36. The fraction of sp³-hybridized carbons (Fsp3) is 0.200. The third kappa shape index (κ3) is 4.64. The van der Waals surface area contributed by atoms with Gasteiger partial charge in [0.25, 0.3) is 0 Å². The van der Waals surface area contributed by atoms with Crippen molar-refractivity contribution in [2.45, 2.75) is 13.8 Å². The molecule has 0 amide bonds. The quantitative estimate of drug-likeness (QED) is 0.235. The standard InChI is InChI=1S/C20H19N2O2S.BF4/c1-12-7-14-8-16(23-3)10-18(24-4)20(14)13(2)22(12)15-5-6-19-17(9-15)21-11-25-19;2-1(3,4)5/h5-11H,1-4H3;/q+1;-1. The fourth-order valence-corrected chi connectivity index (χ4v) is 4.10. The fourth-order valence-electron chi connectivity index (χ4n) is 3.44. The van der Waals surface area contributed by atoms with E-state index in [0.717, 1.165) is 44.9 Å². The minimum absolute atomic E-state index is 0.796. The van der Waals surface area contributed by atoms with Crippen LogP contribution in [0.25, 0.3) is 26.7 Å². The summed E-state index contributed by atoms with van der Waals surface area (Å²) in [6, 6.07) is 12.5. The molecule has 0 N–H and O–H groups in total. The van der Waals surface area contributed by atoms with Gasteiger partial charge >= 0.3 is 7.25 Å². The van der Waals surface area contributed by atoms with Crippen LogP contribution in [-0.2, 0) is 0 Å². The first-order valence-electron chi connectivity index (χ1n) is 8.91. The first kappa shape index (κ1) is 21.8. The van der Waals surface area contributed by atoms with Crippen LogP contribution in [0.3, 0.4) is 0 Å². The van der Waals surface area contributed by atoms with Gasteiger partial charge in [0.2, 0.25) is 5.69 Å². The molecule has 0 aliphatic rings. The SMILES string of the molecule is COc1cc(OC)c2c(C)[n+](-c3ccc4scnc4c3)c(C)cc2c1.F[B-](F)(F)F. The van der Waals surface area contributed by atoms with Crippen molar-refractivity contribution in [3.63, 3.8) is 0 Å². The van der Waals surface area contributed by atoms with Gasteiger partial charge in [0, 0.05) is 43.5 Å².